The van der Waals surface area contributed by atoms with Gasteiger partial charge in [-0.3, -0.25) is 20.4 Å². The van der Waals surface area contributed by atoms with E-state index in [1.165, 1.54) is 11.8 Å². The van der Waals surface area contributed by atoms with Gasteiger partial charge in [-0.2, -0.15) is 0 Å². The van der Waals surface area contributed by atoms with Crippen molar-refractivity contribution in [3.05, 3.63) is 64.2 Å². The van der Waals surface area contributed by atoms with Crippen LogP contribution in [0.4, 0.5) is 0 Å². The highest BCUT2D eigenvalue weighted by atomic mass is 35.5. The van der Waals surface area contributed by atoms with E-state index in [0.29, 0.717) is 16.5 Å². The molecule has 0 aliphatic heterocycles. The normalized spacial score (nSPS) is 10.3. The molecule has 138 valence electrons. The summed E-state index contributed by atoms with van der Waals surface area (Å²) >= 11 is 7.35. The van der Waals surface area contributed by atoms with E-state index in [1.54, 1.807) is 6.07 Å². The fourth-order valence-corrected chi connectivity index (χ4v) is 3.25. The second-order valence-corrected chi connectivity index (χ2v) is 7.25. The second-order valence-electron chi connectivity index (χ2n) is 5.83. The molecule has 0 aliphatic carbocycles. The third-order valence-corrected chi connectivity index (χ3v) is 4.54. The molecular formula is C19H21ClN2O3S. The summed E-state index contributed by atoms with van der Waals surface area (Å²) in [6, 6.07) is 13.2. The van der Waals surface area contributed by atoms with Gasteiger partial charge in [-0.1, -0.05) is 29.8 Å². The summed E-state index contributed by atoms with van der Waals surface area (Å²) in [5.41, 5.74) is 7.88. The first-order valence-electron chi connectivity index (χ1n) is 8.03. The van der Waals surface area contributed by atoms with Gasteiger partial charge in [-0.05, 0) is 54.8 Å². The minimum Gasteiger partial charge on any atom is -0.484 e. The van der Waals surface area contributed by atoms with Gasteiger partial charge in [0.05, 0.1) is 5.75 Å². The van der Waals surface area contributed by atoms with Gasteiger partial charge < -0.3 is 4.74 Å². The molecule has 2 aromatic rings. The Morgan fingerprint density at radius 2 is 1.73 bits per heavy atom. The van der Waals surface area contributed by atoms with Crippen LogP contribution in [0.25, 0.3) is 0 Å². The maximum Gasteiger partial charge on any atom is 0.276 e. The number of hydrogen-bond acceptors (Lipinski definition) is 4. The Labute approximate surface area is 162 Å². The summed E-state index contributed by atoms with van der Waals surface area (Å²) in [7, 11) is 0. The summed E-state index contributed by atoms with van der Waals surface area (Å²) in [5, 5.41) is 0.670. The molecule has 5 nitrogen and oxygen atoms in total. The standard InChI is InChI=1S/C19H21ClN2O3S/c1-13-6-14(2)8-17(7-13)25-10-18(23)21-22-19(24)12-26-11-15-4-3-5-16(20)9-15/h3-9H,10-12H2,1-2H3,(H,21,23)(H,22,24). The molecule has 2 amide bonds. The molecule has 0 radical (unpaired) electrons. The van der Waals surface area contributed by atoms with Crippen LogP contribution in [-0.4, -0.2) is 24.2 Å². The number of carbonyl (C=O) groups is 2. The lowest BCUT2D eigenvalue weighted by atomic mass is 10.1. The average Bonchev–Trinajstić information content (AvgIpc) is 2.57. The lowest BCUT2D eigenvalue weighted by molar-refractivity contribution is -0.128. The van der Waals surface area contributed by atoms with Crippen molar-refractivity contribution in [1.29, 1.82) is 0 Å². The molecule has 0 bridgehead atoms. The molecule has 0 atom stereocenters. The smallest absolute Gasteiger partial charge is 0.276 e. The molecule has 0 spiro atoms. The molecule has 0 saturated heterocycles. The average molecular weight is 393 g/mol. The van der Waals surface area contributed by atoms with E-state index in [9.17, 15) is 9.59 Å². The number of ether oxygens (including phenoxy) is 1. The van der Waals surface area contributed by atoms with E-state index in [0.717, 1.165) is 16.7 Å². The number of halogens is 1. The van der Waals surface area contributed by atoms with Gasteiger partial charge in [0.25, 0.3) is 5.91 Å². The minimum atomic E-state index is -0.419. The van der Waals surface area contributed by atoms with Crippen molar-refractivity contribution in [3.63, 3.8) is 0 Å². The van der Waals surface area contributed by atoms with Gasteiger partial charge in [0.2, 0.25) is 5.91 Å². The predicted molar refractivity (Wildman–Crippen MR) is 105 cm³/mol. The molecule has 2 aromatic carbocycles. The Hall–Kier alpha value is -2.18. The summed E-state index contributed by atoms with van der Waals surface area (Å²) < 4.78 is 5.43. The molecule has 2 rings (SSSR count). The van der Waals surface area contributed by atoms with Crippen LogP contribution < -0.4 is 15.6 Å². The zero-order valence-corrected chi connectivity index (χ0v) is 16.2. The zero-order chi connectivity index (χ0) is 18.9. The summed E-state index contributed by atoms with van der Waals surface area (Å²) in [6.45, 7) is 3.75. The van der Waals surface area contributed by atoms with E-state index in [-0.39, 0.29) is 18.3 Å². The van der Waals surface area contributed by atoms with Crippen molar-refractivity contribution in [2.24, 2.45) is 0 Å². The van der Waals surface area contributed by atoms with Crippen LogP contribution >= 0.6 is 23.4 Å². The Morgan fingerprint density at radius 1 is 1.04 bits per heavy atom. The van der Waals surface area contributed by atoms with Crippen LogP contribution in [0.2, 0.25) is 5.02 Å². The summed E-state index contributed by atoms with van der Waals surface area (Å²) in [5.74, 6) is 0.817. The number of carbonyl (C=O) groups excluding carboxylic acids is 2. The molecule has 0 aliphatic rings. The van der Waals surface area contributed by atoms with Crippen molar-refractivity contribution in [2.75, 3.05) is 12.4 Å². The largest absolute Gasteiger partial charge is 0.484 e. The molecule has 2 N–H and O–H groups in total. The number of hydrogen-bond donors (Lipinski definition) is 2. The molecule has 7 heteroatoms. The molecule has 0 heterocycles. The van der Waals surface area contributed by atoms with Crippen LogP contribution in [0.3, 0.4) is 0 Å². The Balaban J connectivity index is 1.64. The summed E-state index contributed by atoms with van der Waals surface area (Å²) in [4.78, 5) is 23.5. The maximum atomic E-state index is 11.8. The predicted octanol–water partition coefficient (Wildman–Crippen LogP) is 3.42. The first-order chi connectivity index (χ1) is 12.4. The molecular weight excluding hydrogens is 372 g/mol. The maximum absolute atomic E-state index is 11.8. The SMILES string of the molecule is Cc1cc(C)cc(OCC(=O)NNC(=O)CSCc2cccc(Cl)c2)c1. The van der Waals surface area contributed by atoms with Gasteiger partial charge >= 0.3 is 0 Å². The first-order valence-corrected chi connectivity index (χ1v) is 9.56. The van der Waals surface area contributed by atoms with Crippen molar-refractivity contribution >= 4 is 35.2 Å². The van der Waals surface area contributed by atoms with Gasteiger partial charge in [0, 0.05) is 10.8 Å². The van der Waals surface area contributed by atoms with Crippen LogP contribution in [0.1, 0.15) is 16.7 Å². The Morgan fingerprint density at radius 3 is 2.42 bits per heavy atom. The van der Waals surface area contributed by atoms with Crippen LogP contribution in [0, 0.1) is 13.8 Å². The number of hydrazine groups is 1. The highest BCUT2D eigenvalue weighted by Crippen LogP contribution is 2.17. The second kappa shape index (κ2) is 10.1. The lowest BCUT2D eigenvalue weighted by Gasteiger charge is -2.10. The summed E-state index contributed by atoms with van der Waals surface area (Å²) in [6.07, 6.45) is 0. The number of rotatable bonds is 7. The van der Waals surface area contributed by atoms with E-state index >= 15 is 0 Å². The van der Waals surface area contributed by atoms with E-state index in [1.807, 2.05) is 50.2 Å². The van der Waals surface area contributed by atoms with E-state index in [4.69, 9.17) is 16.3 Å². The first kappa shape index (κ1) is 20.1. The van der Waals surface area contributed by atoms with Gasteiger partial charge in [0.15, 0.2) is 6.61 Å². The molecule has 0 fully saturated rings. The number of nitrogens with one attached hydrogen (secondary N) is 2. The highest BCUT2D eigenvalue weighted by molar-refractivity contribution is 7.99. The van der Waals surface area contributed by atoms with Crippen molar-refractivity contribution in [2.45, 2.75) is 19.6 Å². The van der Waals surface area contributed by atoms with E-state index < -0.39 is 5.91 Å². The fourth-order valence-electron chi connectivity index (χ4n) is 2.27. The van der Waals surface area contributed by atoms with Crippen molar-refractivity contribution in [3.8, 4) is 5.75 Å². The van der Waals surface area contributed by atoms with Crippen molar-refractivity contribution in [1.82, 2.24) is 10.9 Å². The van der Waals surface area contributed by atoms with Gasteiger partial charge in [0.1, 0.15) is 5.75 Å². The third-order valence-electron chi connectivity index (χ3n) is 3.30. The zero-order valence-electron chi connectivity index (χ0n) is 14.7. The number of aryl methyl sites for hydroxylation is 2. The lowest BCUT2D eigenvalue weighted by Crippen LogP contribution is -2.44. The third kappa shape index (κ3) is 7.37. The monoisotopic (exact) mass is 392 g/mol. The van der Waals surface area contributed by atoms with Crippen LogP contribution in [0.5, 0.6) is 5.75 Å². The molecule has 26 heavy (non-hydrogen) atoms. The molecule has 0 saturated carbocycles. The number of amides is 2. The van der Waals surface area contributed by atoms with Crippen molar-refractivity contribution < 1.29 is 14.3 Å². The Bertz CT molecular complexity index is 763. The van der Waals surface area contributed by atoms with Gasteiger partial charge in [-0.15, -0.1) is 11.8 Å². The van der Waals surface area contributed by atoms with Crippen LogP contribution in [-0.2, 0) is 15.3 Å². The van der Waals surface area contributed by atoms with Gasteiger partial charge in [-0.25, -0.2) is 0 Å². The molecule has 0 unspecified atom stereocenters. The topological polar surface area (TPSA) is 67.4 Å². The van der Waals surface area contributed by atoms with E-state index in [2.05, 4.69) is 10.9 Å². The quantitative estimate of drug-likeness (QED) is 0.708. The fraction of sp³-hybridized carbons (Fsp3) is 0.263. The Kier molecular flexibility index (Phi) is 7.81. The minimum absolute atomic E-state index is 0.168. The number of benzene rings is 2. The number of thioether (sulfide) groups is 1. The molecule has 0 aromatic heterocycles. The van der Waals surface area contributed by atoms with Crippen LogP contribution in [0.15, 0.2) is 42.5 Å². The highest BCUT2D eigenvalue weighted by Gasteiger charge is 2.07.